The zero-order valence-electron chi connectivity index (χ0n) is 10.1. The summed E-state index contributed by atoms with van der Waals surface area (Å²) in [6.07, 6.45) is 1.04. The number of rotatable bonds is 1. The predicted octanol–water partition coefficient (Wildman–Crippen LogP) is 1.77. The normalized spacial score (nSPS) is 19.6. The lowest BCUT2D eigenvalue weighted by Crippen LogP contribution is -2.25. The first-order valence-corrected chi connectivity index (χ1v) is 6.83. The van der Waals surface area contributed by atoms with Gasteiger partial charge in [-0.15, -0.1) is 0 Å². The van der Waals surface area contributed by atoms with Gasteiger partial charge < -0.3 is 5.32 Å². The van der Waals surface area contributed by atoms with Crippen LogP contribution in [0.15, 0.2) is 27.5 Å². The fourth-order valence-electron chi connectivity index (χ4n) is 2.50. The molecule has 2 aromatic rings. The van der Waals surface area contributed by atoms with Crippen LogP contribution in [0.1, 0.15) is 18.2 Å². The van der Waals surface area contributed by atoms with E-state index in [0.717, 1.165) is 35.3 Å². The summed E-state index contributed by atoms with van der Waals surface area (Å²) in [6.45, 7) is 1.90. The minimum absolute atomic E-state index is 0.0365. The van der Waals surface area contributed by atoms with Gasteiger partial charge in [0.25, 0.3) is 5.56 Å². The second kappa shape index (κ2) is 4.48. The number of hydrogen-bond acceptors (Lipinski definition) is 3. The molecule has 1 aliphatic rings. The summed E-state index contributed by atoms with van der Waals surface area (Å²) >= 11 is 3.42. The van der Waals surface area contributed by atoms with E-state index in [0.29, 0.717) is 11.3 Å². The van der Waals surface area contributed by atoms with Crippen molar-refractivity contribution < 1.29 is 0 Å². The number of hydrogen-bond donors (Lipinski definition) is 1. The van der Waals surface area contributed by atoms with Gasteiger partial charge in [-0.25, -0.2) is 4.98 Å². The van der Waals surface area contributed by atoms with Crippen LogP contribution in [0.2, 0.25) is 0 Å². The van der Waals surface area contributed by atoms with E-state index < -0.39 is 0 Å². The Morgan fingerprint density at radius 3 is 3.06 bits per heavy atom. The van der Waals surface area contributed by atoms with Crippen LogP contribution in [0.3, 0.4) is 0 Å². The molecule has 0 bridgehead atoms. The van der Waals surface area contributed by atoms with Gasteiger partial charge in [0.1, 0.15) is 5.82 Å². The first kappa shape index (κ1) is 11.9. The topological polar surface area (TPSA) is 46.9 Å². The van der Waals surface area contributed by atoms with Crippen molar-refractivity contribution in [3.63, 3.8) is 0 Å². The zero-order chi connectivity index (χ0) is 12.7. The van der Waals surface area contributed by atoms with Crippen LogP contribution in [0, 0.1) is 0 Å². The molecule has 94 valence electrons. The number of nitrogens with one attached hydrogen (secondary N) is 1. The summed E-state index contributed by atoms with van der Waals surface area (Å²) < 4.78 is 2.64. The lowest BCUT2D eigenvalue weighted by atomic mass is 10.1. The Morgan fingerprint density at radius 1 is 1.50 bits per heavy atom. The Labute approximate surface area is 113 Å². The predicted molar refractivity (Wildman–Crippen MR) is 74.9 cm³/mol. The second-order valence-electron chi connectivity index (χ2n) is 4.69. The third-order valence-electron chi connectivity index (χ3n) is 3.50. The van der Waals surface area contributed by atoms with Crippen molar-refractivity contribution in [3.05, 3.63) is 38.9 Å². The molecule has 0 spiro atoms. The van der Waals surface area contributed by atoms with E-state index in [1.165, 1.54) is 0 Å². The van der Waals surface area contributed by atoms with Gasteiger partial charge in [0, 0.05) is 24.0 Å². The summed E-state index contributed by atoms with van der Waals surface area (Å²) in [6, 6.07) is 5.61. The van der Waals surface area contributed by atoms with Crippen molar-refractivity contribution in [3.8, 4) is 0 Å². The maximum absolute atomic E-state index is 12.3. The largest absolute Gasteiger partial charge is 0.316 e. The second-order valence-corrected chi connectivity index (χ2v) is 5.60. The third-order valence-corrected chi connectivity index (χ3v) is 3.99. The maximum Gasteiger partial charge on any atom is 0.261 e. The Hall–Kier alpha value is -1.20. The number of benzene rings is 1. The summed E-state index contributed by atoms with van der Waals surface area (Å²) in [5, 5.41) is 3.99. The van der Waals surface area contributed by atoms with Gasteiger partial charge in [0.05, 0.1) is 10.9 Å². The zero-order valence-corrected chi connectivity index (χ0v) is 11.7. The van der Waals surface area contributed by atoms with Crippen LogP contribution in [-0.4, -0.2) is 22.6 Å². The summed E-state index contributed by atoms with van der Waals surface area (Å²) in [7, 11) is 1.81. The van der Waals surface area contributed by atoms with Crippen LogP contribution in [0.25, 0.3) is 10.9 Å². The number of halogens is 1. The van der Waals surface area contributed by atoms with Gasteiger partial charge in [0.2, 0.25) is 0 Å². The average molecular weight is 308 g/mol. The van der Waals surface area contributed by atoms with E-state index in [4.69, 9.17) is 0 Å². The monoisotopic (exact) mass is 307 g/mol. The molecule has 1 N–H and O–H groups in total. The molecule has 1 unspecified atom stereocenters. The summed E-state index contributed by atoms with van der Waals surface area (Å²) in [4.78, 5) is 17.0. The van der Waals surface area contributed by atoms with Crippen molar-refractivity contribution >= 4 is 26.8 Å². The van der Waals surface area contributed by atoms with Crippen molar-refractivity contribution in [2.75, 3.05) is 13.1 Å². The Balaban J connectivity index is 2.26. The quantitative estimate of drug-likeness (QED) is 0.873. The molecule has 1 atom stereocenters. The molecule has 1 aromatic heterocycles. The molecule has 5 heteroatoms. The maximum atomic E-state index is 12.3. The first-order chi connectivity index (χ1) is 8.66. The van der Waals surface area contributed by atoms with E-state index in [-0.39, 0.29) is 5.56 Å². The molecule has 18 heavy (non-hydrogen) atoms. The van der Waals surface area contributed by atoms with Gasteiger partial charge in [-0.1, -0.05) is 15.9 Å². The average Bonchev–Trinajstić information content (AvgIpc) is 2.87. The van der Waals surface area contributed by atoms with Crippen LogP contribution >= 0.6 is 15.9 Å². The first-order valence-electron chi connectivity index (χ1n) is 6.04. The minimum Gasteiger partial charge on any atom is -0.316 e. The third kappa shape index (κ3) is 1.87. The molecule has 0 saturated carbocycles. The molecule has 0 radical (unpaired) electrons. The SMILES string of the molecule is Cn1c(C2CCNC2)nc2cc(Br)ccc2c1=O. The fourth-order valence-corrected chi connectivity index (χ4v) is 2.85. The van der Waals surface area contributed by atoms with E-state index in [1.54, 1.807) is 4.57 Å². The van der Waals surface area contributed by atoms with Crippen LogP contribution in [0.5, 0.6) is 0 Å². The highest BCUT2D eigenvalue weighted by Crippen LogP contribution is 2.22. The number of nitrogens with zero attached hydrogens (tertiary/aromatic N) is 2. The lowest BCUT2D eigenvalue weighted by Gasteiger charge is -2.13. The van der Waals surface area contributed by atoms with Crippen molar-refractivity contribution in [1.82, 2.24) is 14.9 Å². The lowest BCUT2D eigenvalue weighted by molar-refractivity contribution is 0.635. The molecule has 2 heterocycles. The number of fused-ring (bicyclic) bond motifs is 1. The summed E-state index contributed by atoms with van der Waals surface area (Å²) in [5.41, 5.74) is 0.809. The van der Waals surface area contributed by atoms with E-state index in [2.05, 4.69) is 26.2 Å². The van der Waals surface area contributed by atoms with E-state index in [1.807, 2.05) is 25.2 Å². The molecule has 1 fully saturated rings. The Morgan fingerprint density at radius 2 is 2.33 bits per heavy atom. The highest BCUT2D eigenvalue weighted by Gasteiger charge is 2.21. The van der Waals surface area contributed by atoms with Crippen LogP contribution < -0.4 is 10.9 Å². The van der Waals surface area contributed by atoms with Gasteiger partial charge in [-0.05, 0) is 31.2 Å². The molecule has 3 rings (SSSR count). The van der Waals surface area contributed by atoms with Crippen LogP contribution in [-0.2, 0) is 7.05 Å². The highest BCUT2D eigenvalue weighted by atomic mass is 79.9. The van der Waals surface area contributed by atoms with E-state index in [9.17, 15) is 4.79 Å². The molecular formula is C13H14BrN3O. The summed E-state index contributed by atoms with van der Waals surface area (Å²) in [5.74, 6) is 1.22. The van der Waals surface area contributed by atoms with Gasteiger partial charge in [-0.3, -0.25) is 9.36 Å². The Bertz CT molecular complexity index is 659. The van der Waals surface area contributed by atoms with Gasteiger partial charge in [0.15, 0.2) is 0 Å². The molecule has 0 amide bonds. The molecular weight excluding hydrogens is 294 g/mol. The molecule has 1 aromatic carbocycles. The highest BCUT2D eigenvalue weighted by molar-refractivity contribution is 9.10. The van der Waals surface area contributed by atoms with Gasteiger partial charge in [-0.2, -0.15) is 0 Å². The Kier molecular flexibility index (Phi) is 2.95. The smallest absolute Gasteiger partial charge is 0.261 e. The molecule has 1 saturated heterocycles. The molecule has 4 nitrogen and oxygen atoms in total. The van der Waals surface area contributed by atoms with Crippen molar-refractivity contribution in [2.45, 2.75) is 12.3 Å². The fraction of sp³-hybridized carbons (Fsp3) is 0.385. The van der Waals surface area contributed by atoms with E-state index >= 15 is 0 Å². The van der Waals surface area contributed by atoms with Crippen molar-refractivity contribution in [1.29, 1.82) is 0 Å². The van der Waals surface area contributed by atoms with Crippen LogP contribution in [0.4, 0.5) is 0 Å². The van der Waals surface area contributed by atoms with Crippen molar-refractivity contribution in [2.24, 2.45) is 7.05 Å². The van der Waals surface area contributed by atoms with Gasteiger partial charge >= 0.3 is 0 Å². The standard InChI is InChI=1S/C13H14BrN3O/c1-17-12(8-4-5-15-7-8)16-11-6-9(14)2-3-10(11)13(17)18/h2-3,6,8,15H,4-5,7H2,1H3. The molecule has 1 aliphatic heterocycles. The number of aromatic nitrogens is 2. The minimum atomic E-state index is 0.0365. The molecule has 0 aliphatic carbocycles.